The van der Waals surface area contributed by atoms with Crippen molar-refractivity contribution in [1.29, 1.82) is 0 Å². The van der Waals surface area contributed by atoms with E-state index in [2.05, 4.69) is 37.9 Å². The molecule has 0 radical (unpaired) electrons. The molecule has 1 fully saturated rings. The lowest BCUT2D eigenvalue weighted by atomic mass is 9.90. The van der Waals surface area contributed by atoms with Gasteiger partial charge in [0, 0.05) is 26.2 Å². The monoisotopic (exact) mass is 325 g/mol. The Morgan fingerprint density at radius 3 is 2.43 bits per heavy atom. The van der Waals surface area contributed by atoms with Gasteiger partial charge in [0.1, 0.15) is 0 Å². The van der Waals surface area contributed by atoms with Gasteiger partial charge in [-0.3, -0.25) is 9.79 Å². The molecular weight excluding hydrogens is 290 g/mol. The van der Waals surface area contributed by atoms with Gasteiger partial charge in [0.05, 0.1) is 13.0 Å². The summed E-state index contributed by atoms with van der Waals surface area (Å²) in [6.07, 6.45) is 5.29. The number of ether oxygens (including phenoxy) is 1. The predicted octanol–water partition coefficient (Wildman–Crippen LogP) is 3.05. The third kappa shape index (κ3) is 7.71. The van der Waals surface area contributed by atoms with Crippen LogP contribution in [0.2, 0.25) is 0 Å². The molecular formula is C18H35N3O2. The van der Waals surface area contributed by atoms with E-state index in [1.54, 1.807) is 0 Å². The van der Waals surface area contributed by atoms with E-state index in [1.165, 1.54) is 20.0 Å². The van der Waals surface area contributed by atoms with Crippen LogP contribution in [0.25, 0.3) is 0 Å². The Morgan fingerprint density at radius 2 is 1.91 bits per heavy atom. The quantitative estimate of drug-likeness (QED) is 0.353. The number of rotatable bonds is 6. The van der Waals surface area contributed by atoms with Crippen molar-refractivity contribution in [3.63, 3.8) is 0 Å². The van der Waals surface area contributed by atoms with Crippen molar-refractivity contribution in [2.75, 3.05) is 33.3 Å². The van der Waals surface area contributed by atoms with E-state index in [-0.39, 0.29) is 11.9 Å². The van der Waals surface area contributed by atoms with Crippen molar-refractivity contribution in [3.05, 3.63) is 0 Å². The van der Waals surface area contributed by atoms with Crippen LogP contribution in [0, 0.1) is 11.3 Å². The molecule has 0 spiro atoms. The number of guanidine groups is 1. The summed E-state index contributed by atoms with van der Waals surface area (Å²) in [5.41, 5.74) is 0.407. The lowest BCUT2D eigenvalue weighted by molar-refractivity contribution is -0.146. The van der Waals surface area contributed by atoms with E-state index >= 15 is 0 Å². The molecule has 134 valence electrons. The molecule has 0 aromatic carbocycles. The minimum atomic E-state index is -0.0752. The Bertz CT molecular complexity index is 380. The SMILES string of the molecule is CCNC(=NCCCCC(C)(C)C)N1CCC(C(=O)OC)CC1. The summed E-state index contributed by atoms with van der Waals surface area (Å²) in [5.74, 6) is 0.964. The highest BCUT2D eigenvalue weighted by atomic mass is 16.5. The van der Waals surface area contributed by atoms with Crippen LogP contribution >= 0.6 is 0 Å². The highest BCUT2D eigenvalue weighted by Gasteiger charge is 2.26. The number of unbranched alkanes of at least 4 members (excludes halogenated alkanes) is 1. The molecule has 1 N–H and O–H groups in total. The molecule has 0 aromatic rings. The van der Waals surface area contributed by atoms with Crippen LogP contribution in [0.3, 0.4) is 0 Å². The predicted molar refractivity (Wildman–Crippen MR) is 95.6 cm³/mol. The zero-order valence-corrected chi connectivity index (χ0v) is 15.7. The Kier molecular flexibility index (Phi) is 8.42. The molecule has 0 amide bonds. The van der Waals surface area contributed by atoms with Gasteiger partial charge in [0.2, 0.25) is 0 Å². The smallest absolute Gasteiger partial charge is 0.308 e. The van der Waals surface area contributed by atoms with Gasteiger partial charge in [-0.05, 0) is 38.0 Å². The van der Waals surface area contributed by atoms with Crippen molar-refractivity contribution in [3.8, 4) is 0 Å². The topological polar surface area (TPSA) is 53.9 Å². The maximum atomic E-state index is 11.6. The average Bonchev–Trinajstić information content (AvgIpc) is 2.52. The first-order valence-electron chi connectivity index (χ1n) is 8.98. The molecule has 1 aliphatic rings. The molecule has 0 unspecified atom stereocenters. The number of likely N-dealkylation sites (tertiary alicyclic amines) is 1. The van der Waals surface area contributed by atoms with Crippen LogP contribution in [0.1, 0.15) is 59.8 Å². The van der Waals surface area contributed by atoms with Gasteiger partial charge in [0.15, 0.2) is 5.96 Å². The first kappa shape index (κ1) is 19.8. The highest BCUT2D eigenvalue weighted by molar-refractivity contribution is 5.80. The largest absolute Gasteiger partial charge is 0.469 e. The van der Waals surface area contributed by atoms with Gasteiger partial charge >= 0.3 is 5.97 Å². The lowest BCUT2D eigenvalue weighted by Crippen LogP contribution is -2.46. The van der Waals surface area contributed by atoms with Crippen molar-refractivity contribution < 1.29 is 9.53 Å². The van der Waals surface area contributed by atoms with E-state index in [4.69, 9.17) is 9.73 Å². The molecule has 23 heavy (non-hydrogen) atoms. The first-order chi connectivity index (χ1) is 10.9. The van der Waals surface area contributed by atoms with E-state index in [9.17, 15) is 4.79 Å². The molecule has 0 saturated carbocycles. The van der Waals surface area contributed by atoms with Gasteiger partial charge < -0.3 is 15.0 Å². The van der Waals surface area contributed by atoms with E-state index in [0.29, 0.717) is 5.41 Å². The number of carbonyl (C=O) groups excluding carboxylic acids is 1. The van der Waals surface area contributed by atoms with Crippen molar-refractivity contribution in [2.24, 2.45) is 16.3 Å². The lowest BCUT2D eigenvalue weighted by Gasteiger charge is -2.33. The van der Waals surface area contributed by atoms with Crippen LogP contribution in [0.15, 0.2) is 4.99 Å². The fourth-order valence-electron chi connectivity index (χ4n) is 2.87. The Balaban J connectivity index is 2.42. The molecule has 5 nitrogen and oxygen atoms in total. The molecule has 1 saturated heterocycles. The number of piperidine rings is 1. The Hall–Kier alpha value is -1.26. The molecule has 1 aliphatic heterocycles. The number of hydrogen-bond donors (Lipinski definition) is 1. The molecule has 0 aromatic heterocycles. The number of methoxy groups -OCH3 is 1. The zero-order valence-electron chi connectivity index (χ0n) is 15.7. The van der Waals surface area contributed by atoms with Crippen LogP contribution in [0.5, 0.6) is 0 Å². The van der Waals surface area contributed by atoms with Crippen LogP contribution < -0.4 is 5.32 Å². The molecule has 1 rings (SSSR count). The van der Waals surface area contributed by atoms with Crippen LogP contribution in [-0.2, 0) is 9.53 Å². The Labute approximate surface area is 141 Å². The molecule has 5 heteroatoms. The number of aliphatic imine (C=N–C) groups is 1. The van der Waals surface area contributed by atoms with Crippen LogP contribution in [-0.4, -0.2) is 50.1 Å². The van der Waals surface area contributed by atoms with E-state index in [1.807, 2.05) is 0 Å². The summed E-state index contributed by atoms with van der Waals surface area (Å²) < 4.78 is 4.85. The second-order valence-corrected chi connectivity index (χ2v) is 7.54. The second kappa shape index (κ2) is 9.78. The van der Waals surface area contributed by atoms with Crippen molar-refractivity contribution in [2.45, 2.75) is 59.8 Å². The maximum absolute atomic E-state index is 11.6. The summed E-state index contributed by atoms with van der Waals surface area (Å²) in [7, 11) is 1.47. The zero-order chi connectivity index (χ0) is 17.3. The minimum absolute atomic E-state index is 0.0471. The number of nitrogens with zero attached hydrogens (tertiary/aromatic N) is 2. The summed E-state index contributed by atoms with van der Waals surface area (Å²) in [4.78, 5) is 18.6. The number of nitrogens with one attached hydrogen (secondary N) is 1. The van der Waals surface area contributed by atoms with Crippen molar-refractivity contribution >= 4 is 11.9 Å². The van der Waals surface area contributed by atoms with E-state index < -0.39 is 0 Å². The minimum Gasteiger partial charge on any atom is -0.469 e. The first-order valence-corrected chi connectivity index (χ1v) is 8.98. The third-order valence-electron chi connectivity index (χ3n) is 4.26. The summed E-state index contributed by atoms with van der Waals surface area (Å²) in [6, 6.07) is 0. The number of hydrogen-bond acceptors (Lipinski definition) is 3. The normalized spacial score (nSPS) is 17.3. The molecule has 0 atom stereocenters. The highest BCUT2D eigenvalue weighted by Crippen LogP contribution is 2.21. The van der Waals surface area contributed by atoms with Gasteiger partial charge in [0.25, 0.3) is 0 Å². The Morgan fingerprint density at radius 1 is 1.26 bits per heavy atom. The fraction of sp³-hybridized carbons (Fsp3) is 0.889. The van der Waals surface area contributed by atoms with E-state index in [0.717, 1.165) is 51.4 Å². The van der Waals surface area contributed by atoms with Gasteiger partial charge in [-0.2, -0.15) is 0 Å². The van der Waals surface area contributed by atoms with Gasteiger partial charge in [-0.15, -0.1) is 0 Å². The summed E-state index contributed by atoms with van der Waals surface area (Å²) in [6.45, 7) is 12.4. The standard InChI is InChI=1S/C18H35N3O2/c1-6-19-17(20-12-8-7-11-18(2,3)4)21-13-9-15(10-14-21)16(22)23-5/h15H,6-14H2,1-5H3,(H,19,20). The van der Waals surface area contributed by atoms with Crippen LogP contribution in [0.4, 0.5) is 0 Å². The number of esters is 1. The van der Waals surface area contributed by atoms with Crippen molar-refractivity contribution in [1.82, 2.24) is 10.2 Å². The maximum Gasteiger partial charge on any atom is 0.308 e. The second-order valence-electron chi connectivity index (χ2n) is 7.54. The summed E-state index contributed by atoms with van der Waals surface area (Å²) >= 11 is 0. The number of carbonyl (C=O) groups is 1. The van der Waals surface area contributed by atoms with Gasteiger partial charge in [-0.1, -0.05) is 27.2 Å². The summed E-state index contributed by atoms with van der Waals surface area (Å²) in [5, 5.41) is 3.38. The fourth-order valence-corrected chi connectivity index (χ4v) is 2.87. The molecule has 0 bridgehead atoms. The molecule has 1 heterocycles. The average molecular weight is 325 g/mol. The van der Waals surface area contributed by atoms with Gasteiger partial charge in [-0.25, -0.2) is 0 Å². The third-order valence-corrected chi connectivity index (χ3v) is 4.26. The molecule has 0 aliphatic carbocycles.